The van der Waals surface area contributed by atoms with Crippen LogP contribution in [0.3, 0.4) is 0 Å². The molecule has 1 aromatic rings. The molecule has 1 aliphatic heterocycles. The van der Waals surface area contributed by atoms with E-state index in [-0.39, 0.29) is 0 Å². The number of hydrogen-bond donors (Lipinski definition) is 0. The van der Waals surface area contributed by atoms with E-state index in [1.807, 2.05) is 6.20 Å². The van der Waals surface area contributed by atoms with Gasteiger partial charge in [0, 0.05) is 58.3 Å². The predicted octanol–water partition coefficient (Wildman–Crippen LogP) is 1.59. The Kier molecular flexibility index (Phi) is 5.27. The SMILES string of the molecule is COCCn1ccnc1CN1CCN(C2CCCC2)CC1. The molecule has 0 N–H and O–H groups in total. The summed E-state index contributed by atoms with van der Waals surface area (Å²) < 4.78 is 7.38. The first kappa shape index (κ1) is 15.0. The first-order valence-electron chi connectivity index (χ1n) is 8.32. The highest BCUT2D eigenvalue weighted by Gasteiger charge is 2.26. The molecular formula is C16H28N4O. The zero-order chi connectivity index (χ0) is 14.5. The molecule has 2 fully saturated rings. The lowest BCUT2D eigenvalue weighted by Crippen LogP contribution is -2.49. The zero-order valence-electron chi connectivity index (χ0n) is 13.2. The van der Waals surface area contributed by atoms with E-state index in [0.29, 0.717) is 0 Å². The summed E-state index contributed by atoms with van der Waals surface area (Å²) >= 11 is 0. The zero-order valence-corrected chi connectivity index (χ0v) is 13.2. The molecule has 3 rings (SSSR count). The van der Waals surface area contributed by atoms with E-state index in [1.165, 1.54) is 57.7 Å². The molecule has 1 saturated carbocycles. The third-order valence-corrected chi connectivity index (χ3v) is 4.95. The van der Waals surface area contributed by atoms with Crippen LogP contribution in [-0.2, 0) is 17.8 Å². The van der Waals surface area contributed by atoms with Crippen LogP contribution in [0.1, 0.15) is 31.5 Å². The quantitative estimate of drug-likeness (QED) is 0.797. The third-order valence-electron chi connectivity index (χ3n) is 4.95. The van der Waals surface area contributed by atoms with Gasteiger partial charge in [0.25, 0.3) is 0 Å². The van der Waals surface area contributed by atoms with Crippen LogP contribution >= 0.6 is 0 Å². The van der Waals surface area contributed by atoms with Gasteiger partial charge < -0.3 is 9.30 Å². The predicted molar refractivity (Wildman–Crippen MR) is 83.2 cm³/mol. The van der Waals surface area contributed by atoms with E-state index in [1.54, 1.807) is 7.11 Å². The molecule has 0 spiro atoms. The molecule has 1 saturated heterocycles. The molecule has 0 unspecified atom stereocenters. The lowest BCUT2D eigenvalue weighted by Gasteiger charge is -2.37. The van der Waals surface area contributed by atoms with E-state index in [0.717, 1.165) is 25.7 Å². The van der Waals surface area contributed by atoms with Crippen molar-refractivity contribution in [3.05, 3.63) is 18.2 Å². The molecule has 5 nitrogen and oxygen atoms in total. The molecule has 0 radical (unpaired) electrons. The molecule has 0 amide bonds. The summed E-state index contributed by atoms with van der Waals surface area (Å²) in [4.78, 5) is 9.76. The summed E-state index contributed by atoms with van der Waals surface area (Å²) in [7, 11) is 1.75. The van der Waals surface area contributed by atoms with Crippen LogP contribution in [0.25, 0.3) is 0 Å². The second-order valence-electron chi connectivity index (χ2n) is 6.28. The smallest absolute Gasteiger partial charge is 0.122 e. The van der Waals surface area contributed by atoms with Gasteiger partial charge in [0.2, 0.25) is 0 Å². The Morgan fingerprint density at radius 3 is 2.67 bits per heavy atom. The number of imidazole rings is 1. The number of ether oxygens (including phenoxy) is 1. The molecule has 0 aromatic carbocycles. The van der Waals surface area contributed by atoms with Gasteiger partial charge in [-0.2, -0.15) is 0 Å². The third kappa shape index (κ3) is 3.84. The highest BCUT2D eigenvalue weighted by molar-refractivity contribution is 4.93. The van der Waals surface area contributed by atoms with Crippen LogP contribution in [-0.4, -0.2) is 65.3 Å². The monoisotopic (exact) mass is 292 g/mol. The van der Waals surface area contributed by atoms with Gasteiger partial charge in [0.15, 0.2) is 0 Å². The Hall–Kier alpha value is -0.910. The first-order valence-corrected chi connectivity index (χ1v) is 8.32. The standard InChI is InChI=1S/C16H28N4O/c1-21-13-12-20-7-6-17-16(20)14-18-8-10-19(11-9-18)15-4-2-3-5-15/h6-7,15H,2-5,8-14H2,1H3. The van der Waals surface area contributed by atoms with Crippen molar-refractivity contribution in [3.8, 4) is 0 Å². The highest BCUT2D eigenvalue weighted by Crippen LogP contribution is 2.24. The average molecular weight is 292 g/mol. The number of piperazine rings is 1. The van der Waals surface area contributed by atoms with Crippen molar-refractivity contribution in [1.82, 2.24) is 19.4 Å². The maximum atomic E-state index is 5.16. The summed E-state index contributed by atoms with van der Waals surface area (Å²) in [5.74, 6) is 1.17. The molecular weight excluding hydrogens is 264 g/mol. The van der Waals surface area contributed by atoms with Crippen molar-refractivity contribution in [2.24, 2.45) is 0 Å². The Morgan fingerprint density at radius 1 is 1.19 bits per heavy atom. The fourth-order valence-electron chi connectivity index (χ4n) is 3.64. The van der Waals surface area contributed by atoms with Crippen molar-refractivity contribution < 1.29 is 4.74 Å². The number of aromatic nitrogens is 2. The van der Waals surface area contributed by atoms with Gasteiger partial charge in [-0.15, -0.1) is 0 Å². The number of nitrogens with zero attached hydrogens (tertiary/aromatic N) is 4. The van der Waals surface area contributed by atoms with Gasteiger partial charge in [-0.05, 0) is 12.8 Å². The molecule has 5 heteroatoms. The fourth-order valence-corrected chi connectivity index (χ4v) is 3.64. The largest absolute Gasteiger partial charge is 0.383 e. The molecule has 21 heavy (non-hydrogen) atoms. The van der Waals surface area contributed by atoms with Crippen molar-refractivity contribution in [3.63, 3.8) is 0 Å². The second-order valence-corrected chi connectivity index (χ2v) is 6.28. The van der Waals surface area contributed by atoms with Crippen molar-refractivity contribution in [2.45, 2.75) is 44.8 Å². The van der Waals surface area contributed by atoms with E-state index in [2.05, 4.69) is 25.5 Å². The lowest BCUT2D eigenvalue weighted by atomic mass is 10.2. The summed E-state index contributed by atoms with van der Waals surface area (Å²) in [5.41, 5.74) is 0. The minimum absolute atomic E-state index is 0.749. The highest BCUT2D eigenvalue weighted by atomic mass is 16.5. The summed E-state index contributed by atoms with van der Waals surface area (Å²) in [6.07, 6.45) is 9.66. The Labute approximate surface area is 127 Å². The Balaban J connectivity index is 1.47. The molecule has 0 bridgehead atoms. The molecule has 1 aromatic heterocycles. The molecule has 118 valence electrons. The Morgan fingerprint density at radius 2 is 1.95 bits per heavy atom. The van der Waals surface area contributed by atoms with Crippen molar-refractivity contribution in [1.29, 1.82) is 0 Å². The number of rotatable bonds is 6. The van der Waals surface area contributed by atoms with E-state index >= 15 is 0 Å². The number of methoxy groups -OCH3 is 1. The molecule has 0 atom stereocenters. The normalized spacial score (nSPS) is 22.1. The number of hydrogen-bond acceptors (Lipinski definition) is 4. The fraction of sp³-hybridized carbons (Fsp3) is 0.812. The summed E-state index contributed by atoms with van der Waals surface area (Å²) in [6.45, 7) is 7.41. The van der Waals surface area contributed by atoms with Gasteiger partial charge in [-0.1, -0.05) is 12.8 Å². The Bertz CT molecular complexity index is 420. The maximum absolute atomic E-state index is 5.16. The molecule has 1 aliphatic carbocycles. The first-order chi connectivity index (χ1) is 10.4. The van der Waals surface area contributed by atoms with Crippen LogP contribution in [0.4, 0.5) is 0 Å². The van der Waals surface area contributed by atoms with Crippen molar-refractivity contribution in [2.75, 3.05) is 39.9 Å². The molecule has 2 aliphatic rings. The van der Waals surface area contributed by atoms with Gasteiger partial charge in [-0.25, -0.2) is 4.98 Å². The minimum Gasteiger partial charge on any atom is -0.383 e. The summed E-state index contributed by atoms with van der Waals surface area (Å²) in [6, 6.07) is 0.871. The lowest BCUT2D eigenvalue weighted by molar-refractivity contribution is 0.0909. The van der Waals surface area contributed by atoms with Crippen LogP contribution < -0.4 is 0 Å². The summed E-state index contributed by atoms with van der Waals surface area (Å²) in [5, 5.41) is 0. The second kappa shape index (κ2) is 7.38. The average Bonchev–Trinajstić information content (AvgIpc) is 3.18. The topological polar surface area (TPSA) is 33.5 Å². The van der Waals surface area contributed by atoms with E-state index < -0.39 is 0 Å². The van der Waals surface area contributed by atoms with Crippen LogP contribution in [0.15, 0.2) is 12.4 Å². The van der Waals surface area contributed by atoms with Gasteiger partial charge in [0.05, 0.1) is 13.2 Å². The maximum Gasteiger partial charge on any atom is 0.122 e. The van der Waals surface area contributed by atoms with Gasteiger partial charge in [-0.3, -0.25) is 9.80 Å². The van der Waals surface area contributed by atoms with Gasteiger partial charge in [0.1, 0.15) is 5.82 Å². The van der Waals surface area contributed by atoms with E-state index in [4.69, 9.17) is 4.74 Å². The minimum atomic E-state index is 0.749. The van der Waals surface area contributed by atoms with Gasteiger partial charge >= 0.3 is 0 Å². The van der Waals surface area contributed by atoms with Crippen LogP contribution in [0, 0.1) is 0 Å². The van der Waals surface area contributed by atoms with E-state index in [9.17, 15) is 0 Å². The van der Waals surface area contributed by atoms with Crippen molar-refractivity contribution >= 4 is 0 Å². The van der Waals surface area contributed by atoms with Crippen LogP contribution in [0.5, 0.6) is 0 Å². The molecule has 2 heterocycles. The van der Waals surface area contributed by atoms with Crippen LogP contribution in [0.2, 0.25) is 0 Å².